The Hall–Kier alpha value is -1.49. The first-order valence-electron chi connectivity index (χ1n) is 4.63. The maximum absolute atomic E-state index is 12.6. The van der Waals surface area contributed by atoms with Crippen LogP contribution in [0.25, 0.3) is 0 Å². The number of rotatable bonds is 3. The molecule has 0 spiro atoms. The van der Waals surface area contributed by atoms with Crippen LogP contribution in [0, 0.1) is 5.82 Å². The molecular formula is C10H14FN3O. The smallest absolute Gasteiger partial charge is 0.272 e. The van der Waals surface area contributed by atoms with Gasteiger partial charge in [-0.15, -0.1) is 0 Å². The first kappa shape index (κ1) is 11.6. The molecule has 0 aliphatic carbocycles. The Morgan fingerprint density at radius 2 is 2.33 bits per heavy atom. The third-order valence-electron chi connectivity index (χ3n) is 1.86. The lowest BCUT2D eigenvalue weighted by Gasteiger charge is -2.18. The van der Waals surface area contributed by atoms with Crippen molar-refractivity contribution < 1.29 is 9.18 Å². The summed E-state index contributed by atoms with van der Waals surface area (Å²) < 4.78 is 12.6. The van der Waals surface area contributed by atoms with Gasteiger partial charge in [0, 0.05) is 19.6 Å². The fourth-order valence-corrected chi connectivity index (χ4v) is 1.21. The SMILES string of the molecule is CC(N)CN(C)C(=O)c1ccc(F)cn1. The third kappa shape index (κ3) is 3.28. The van der Waals surface area contributed by atoms with Crippen LogP contribution in [0.2, 0.25) is 0 Å². The Balaban J connectivity index is 2.72. The maximum atomic E-state index is 12.6. The average Bonchev–Trinajstić information content (AvgIpc) is 2.17. The second-order valence-corrected chi connectivity index (χ2v) is 3.52. The van der Waals surface area contributed by atoms with Gasteiger partial charge in [0.2, 0.25) is 0 Å². The summed E-state index contributed by atoms with van der Waals surface area (Å²) in [6, 6.07) is 2.47. The van der Waals surface area contributed by atoms with Crippen LogP contribution in [0.5, 0.6) is 0 Å². The van der Waals surface area contributed by atoms with E-state index in [4.69, 9.17) is 5.73 Å². The molecule has 1 unspecified atom stereocenters. The van der Waals surface area contributed by atoms with Gasteiger partial charge in [-0.05, 0) is 19.1 Å². The van der Waals surface area contributed by atoms with Gasteiger partial charge in [-0.2, -0.15) is 0 Å². The van der Waals surface area contributed by atoms with Crippen LogP contribution in [0.15, 0.2) is 18.3 Å². The molecule has 0 aliphatic rings. The molecule has 15 heavy (non-hydrogen) atoms. The third-order valence-corrected chi connectivity index (χ3v) is 1.86. The molecule has 1 aromatic heterocycles. The van der Waals surface area contributed by atoms with Crippen LogP contribution < -0.4 is 5.73 Å². The number of carbonyl (C=O) groups excluding carboxylic acids is 1. The summed E-state index contributed by atoms with van der Waals surface area (Å²) >= 11 is 0. The summed E-state index contributed by atoms with van der Waals surface area (Å²) in [4.78, 5) is 16.8. The highest BCUT2D eigenvalue weighted by molar-refractivity contribution is 5.92. The average molecular weight is 211 g/mol. The maximum Gasteiger partial charge on any atom is 0.272 e. The van der Waals surface area contributed by atoms with Crippen LogP contribution in [-0.2, 0) is 0 Å². The van der Waals surface area contributed by atoms with E-state index in [2.05, 4.69) is 4.98 Å². The van der Waals surface area contributed by atoms with Crippen LogP contribution in [-0.4, -0.2) is 35.4 Å². The lowest BCUT2D eigenvalue weighted by Crippen LogP contribution is -2.37. The number of hydrogen-bond donors (Lipinski definition) is 1. The molecule has 1 atom stereocenters. The van der Waals surface area contributed by atoms with Gasteiger partial charge in [-0.1, -0.05) is 0 Å². The zero-order chi connectivity index (χ0) is 11.4. The molecule has 0 saturated carbocycles. The molecule has 0 radical (unpaired) electrons. The highest BCUT2D eigenvalue weighted by Gasteiger charge is 2.13. The van der Waals surface area contributed by atoms with E-state index in [0.717, 1.165) is 6.20 Å². The standard InChI is InChI=1S/C10H14FN3O/c1-7(12)6-14(2)10(15)9-4-3-8(11)5-13-9/h3-5,7H,6,12H2,1-2H3. The normalized spacial score (nSPS) is 12.3. The van der Waals surface area contributed by atoms with Gasteiger partial charge < -0.3 is 10.6 Å². The minimum Gasteiger partial charge on any atom is -0.339 e. The van der Waals surface area contributed by atoms with Gasteiger partial charge in [0.25, 0.3) is 5.91 Å². The van der Waals surface area contributed by atoms with Gasteiger partial charge >= 0.3 is 0 Å². The lowest BCUT2D eigenvalue weighted by atomic mass is 10.3. The Labute approximate surface area is 87.9 Å². The monoisotopic (exact) mass is 211 g/mol. The summed E-state index contributed by atoms with van der Waals surface area (Å²) in [5.41, 5.74) is 5.78. The minimum atomic E-state index is -0.457. The van der Waals surface area contributed by atoms with E-state index in [1.165, 1.54) is 17.0 Å². The molecule has 0 fully saturated rings. The number of nitrogens with two attached hydrogens (primary N) is 1. The molecule has 4 nitrogen and oxygen atoms in total. The van der Waals surface area contributed by atoms with E-state index < -0.39 is 5.82 Å². The van der Waals surface area contributed by atoms with Crippen LogP contribution >= 0.6 is 0 Å². The van der Waals surface area contributed by atoms with E-state index in [0.29, 0.717) is 6.54 Å². The van der Waals surface area contributed by atoms with Crippen molar-refractivity contribution in [3.05, 3.63) is 29.8 Å². The minimum absolute atomic E-state index is 0.0978. The molecule has 2 N–H and O–H groups in total. The van der Waals surface area contributed by atoms with Gasteiger partial charge in [0.15, 0.2) is 0 Å². The Morgan fingerprint density at radius 3 is 2.80 bits per heavy atom. The van der Waals surface area contributed by atoms with Crippen LogP contribution in [0.1, 0.15) is 17.4 Å². The number of pyridine rings is 1. The number of nitrogens with zero attached hydrogens (tertiary/aromatic N) is 2. The molecule has 1 heterocycles. The fourth-order valence-electron chi connectivity index (χ4n) is 1.21. The largest absolute Gasteiger partial charge is 0.339 e. The molecule has 82 valence electrons. The Morgan fingerprint density at radius 1 is 1.67 bits per heavy atom. The summed E-state index contributed by atoms with van der Waals surface area (Å²) in [6.07, 6.45) is 1.02. The predicted octanol–water partition coefficient (Wildman–Crippen LogP) is 0.640. The van der Waals surface area contributed by atoms with E-state index in [-0.39, 0.29) is 17.6 Å². The number of aromatic nitrogens is 1. The highest BCUT2D eigenvalue weighted by atomic mass is 19.1. The Bertz CT molecular complexity index is 337. The van der Waals surface area contributed by atoms with E-state index >= 15 is 0 Å². The van der Waals surface area contributed by atoms with Gasteiger partial charge in [0.05, 0.1) is 6.20 Å². The molecule has 5 heteroatoms. The molecule has 1 rings (SSSR count). The van der Waals surface area contributed by atoms with Crippen molar-refractivity contribution in [3.8, 4) is 0 Å². The quantitative estimate of drug-likeness (QED) is 0.798. The van der Waals surface area contributed by atoms with E-state index in [1.807, 2.05) is 6.92 Å². The van der Waals surface area contributed by atoms with Crippen molar-refractivity contribution in [1.82, 2.24) is 9.88 Å². The molecule has 0 aromatic carbocycles. The van der Waals surface area contributed by atoms with Gasteiger partial charge in [-0.3, -0.25) is 4.79 Å². The second-order valence-electron chi connectivity index (χ2n) is 3.52. The topological polar surface area (TPSA) is 59.2 Å². The number of carbonyl (C=O) groups is 1. The molecule has 1 aromatic rings. The lowest BCUT2D eigenvalue weighted by molar-refractivity contribution is 0.0783. The van der Waals surface area contributed by atoms with Crippen molar-refractivity contribution in [3.63, 3.8) is 0 Å². The summed E-state index contributed by atoms with van der Waals surface area (Å²) in [5.74, 6) is -0.714. The zero-order valence-corrected chi connectivity index (χ0v) is 8.77. The highest BCUT2D eigenvalue weighted by Crippen LogP contribution is 2.02. The molecular weight excluding hydrogens is 197 g/mol. The molecule has 0 bridgehead atoms. The number of likely N-dealkylation sites (N-methyl/N-ethyl adjacent to an activating group) is 1. The number of amides is 1. The van der Waals surface area contributed by atoms with Crippen LogP contribution in [0.4, 0.5) is 4.39 Å². The summed E-state index contributed by atoms with van der Waals surface area (Å²) in [6.45, 7) is 2.25. The Kier molecular flexibility index (Phi) is 3.74. The van der Waals surface area contributed by atoms with Crippen molar-refractivity contribution in [1.29, 1.82) is 0 Å². The second kappa shape index (κ2) is 4.84. The van der Waals surface area contributed by atoms with Gasteiger partial charge in [-0.25, -0.2) is 9.37 Å². The van der Waals surface area contributed by atoms with Gasteiger partial charge in [0.1, 0.15) is 11.5 Å². The van der Waals surface area contributed by atoms with Crippen molar-refractivity contribution in [2.24, 2.45) is 5.73 Å². The van der Waals surface area contributed by atoms with Crippen LogP contribution in [0.3, 0.4) is 0 Å². The first-order valence-corrected chi connectivity index (χ1v) is 4.63. The number of hydrogen-bond acceptors (Lipinski definition) is 3. The van der Waals surface area contributed by atoms with Crippen molar-refractivity contribution in [2.45, 2.75) is 13.0 Å². The number of halogens is 1. The van der Waals surface area contributed by atoms with Crippen molar-refractivity contribution in [2.75, 3.05) is 13.6 Å². The summed E-state index contributed by atoms with van der Waals surface area (Å²) in [7, 11) is 1.64. The van der Waals surface area contributed by atoms with E-state index in [9.17, 15) is 9.18 Å². The van der Waals surface area contributed by atoms with E-state index in [1.54, 1.807) is 7.05 Å². The predicted molar refractivity (Wildman–Crippen MR) is 54.8 cm³/mol. The summed E-state index contributed by atoms with van der Waals surface area (Å²) in [5, 5.41) is 0. The zero-order valence-electron chi connectivity index (χ0n) is 8.77. The van der Waals surface area contributed by atoms with Crippen molar-refractivity contribution >= 4 is 5.91 Å². The molecule has 0 aliphatic heterocycles. The molecule has 1 amide bonds. The fraction of sp³-hybridized carbons (Fsp3) is 0.400. The molecule has 0 saturated heterocycles. The first-order chi connectivity index (χ1) is 7.00.